The number of ether oxygens (including phenoxy) is 1. The SMILES string of the molecule is COc1ncccc1C(Cc1cccc(F)c1Br)NN. The number of nitrogens with one attached hydrogen (secondary N) is 1. The fourth-order valence-electron chi connectivity index (χ4n) is 2.02. The van der Waals surface area contributed by atoms with Crippen LogP contribution in [0.2, 0.25) is 0 Å². The third-order valence-electron chi connectivity index (χ3n) is 3.03. The maximum atomic E-state index is 13.5. The van der Waals surface area contributed by atoms with Gasteiger partial charge < -0.3 is 4.74 Å². The van der Waals surface area contributed by atoms with E-state index in [0.717, 1.165) is 11.1 Å². The highest BCUT2D eigenvalue weighted by atomic mass is 79.9. The largest absolute Gasteiger partial charge is 0.481 e. The van der Waals surface area contributed by atoms with E-state index in [0.29, 0.717) is 16.8 Å². The van der Waals surface area contributed by atoms with E-state index in [4.69, 9.17) is 10.6 Å². The number of aromatic nitrogens is 1. The Morgan fingerprint density at radius 3 is 2.90 bits per heavy atom. The van der Waals surface area contributed by atoms with Crippen molar-refractivity contribution in [1.29, 1.82) is 0 Å². The minimum Gasteiger partial charge on any atom is -0.481 e. The molecule has 1 unspecified atom stereocenters. The zero-order chi connectivity index (χ0) is 14.5. The molecular weight excluding hydrogens is 325 g/mol. The molecule has 2 rings (SSSR count). The van der Waals surface area contributed by atoms with Crippen molar-refractivity contribution in [3.63, 3.8) is 0 Å². The number of nitrogens with zero attached hydrogens (tertiary/aromatic N) is 1. The van der Waals surface area contributed by atoms with Gasteiger partial charge in [-0.2, -0.15) is 0 Å². The summed E-state index contributed by atoms with van der Waals surface area (Å²) in [4.78, 5) is 4.14. The van der Waals surface area contributed by atoms with Crippen LogP contribution in [0.5, 0.6) is 5.88 Å². The molecule has 0 bridgehead atoms. The third kappa shape index (κ3) is 3.15. The van der Waals surface area contributed by atoms with Gasteiger partial charge in [-0.1, -0.05) is 18.2 Å². The first-order valence-corrected chi connectivity index (χ1v) is 6.84. The third-order valence-corrected chi connectivity index (χ3v) is 3.91. The molecule has 4 nitrogen and oxygen atoms in total. The molecule has 2 aromatic rings. The summed E-state index contributed by atoms with van der Waals surface area (Å²) < 4.78 is 19.2. The van der Waals surface area contributed by atoms with Crippen molar-refractivity contribution in [2.45, 2.75) is 12.5 Å². The molecule has 0 aliphatic rings. The molecule has 1 heterocycles. The van der Waals surface area contributed by atoms with E-state index in [2.05, 4.69) is 26.3 Å². The minimum atomic E-state index is -0.295. The van der Waals surface area contributed by atoms with E-state index in [9.17, 15) is 4.39 Å². The number of hydrazine groups is 1. The van der Waals surface area contributed by atoms with Gasteiger partial charge >= 0.3 is 0 Å². The van der Waals surface area contributed by atoms with Gasteiger partial charge in [-0.3, -0.25) is 11.3 Å². The van der Waals surface area contributed by atoms with Crippen LogP contribution in [-0.4, -0.2) is 12.1 Å². The average Bonchev–Trinajstić information content (AvgIpc) is 2.49. The van der Waals surface area contributed by atoms with Gasteiger partial charge in [0.2, 0.25) is 5.88 Å². The van der Waals surface area contributed by atoms with Crippen LogP contribution in [0, 0.1) is 5.82 Å². The van der Waals surface area contributed by atoms with E-state index in [-0.39, 0.29) is 11.9 Å². The van der Waals surface area contributed by atoms with E-state index >= 15 is 0 Å². The van der Waals surface area contributed by atoms with Gasteiger partial charge in [-0.05, 0) is 40.0 Å². The summed E-state index contributed by atoms with van der Waals surface area (Å²) >= 11 is 3.26. The number of pyridine rings is 1. The van der Waals surface area contributed by atoms with Crippen LogP contribution in [-0.2, 0) is 6.42 Å². The van der Waals surface area contributed by atoms with Gasteiger partial charge in [0.25, 0.3) is 0 Å². The van der Waals surface area contributed by atoms with Crippen molar-refractivity contribution >= 4 is 15.9 Å². The second-order valence-electron chi connectivity index (χ2n) is 4.24. The molecule has 1 atom stereocenters. The van der Waals surface area contributed by atoms with Crippen LogP contribution in [0.25, 0.3) is 0 Å². The lowest BCUT2D eigenvalue weighted by molar-refractivity contribution is 0.382. The van der Waals surface area contributed by atoms with Crippen LogP contribution >= 0.6 is 15.9 Å². The maximum Gasteiger partial charge on any atom is 0.217 e. The Labute approximate surface area is 125 Å². The molecule has 0 aliphatic heterocycles. The first-order chi connectivity index (χ1) is 9.67. The normalized spacial score (nSPS) is 12.2. The lowest BCUT2D eigenvalue weighted by Crippen LogP contribution is -2.30. The second kappa shape index (κ2) is 6.78. The number of hydrogen-bond donors (Lipinski definition) is 2. The van der Waals surface area contributed by atoms with Crippen molar-refractivity contribution in [3.05, 3.63) is 57.9 Å². The molecule has 1 aromatic heterocycles. The predicted molar refractivity (Wildman–Crippen MR) is 78.7 cm³/mol. The highest BCUT2D eigenvalue weighted by Crippen LogP contribution is 2.28. The summed E-state index contributed by atoms with van der Waals surface area (Å²) in [5.74, 6) is 5.83. The summed E-state index contributed by atoms with van der Waals surface area (Å²) in [5, 5.41) is 0. The van der Waals surface area contributed by atoms with Crippen LogP contribution < -0.4 is 16.0 Å². The van der Waals surface area contributed by atoms with E-state index in [1.807, 2.05) is 18.2 Å². The molecule has 0 amide bonds. The standard InChI is InChI=1S/C14H15BrFN3O/c1-20-14-10(5-3-7-18-14)12(19-17)8-9-4-2-6-11(16)13(9)15/h2-7,12,19H,8,17H2,1H3. The zero-order valence-electron chi connectivity index (χ0n) is 10.9. The van der Waals surface area contributed by atoms with Crippen LogP contribution in [0.4, 0.5) is 4.39 Å². The van der Waals surface area contributed by atoms with Crippen LogP contribution in [0.1, 0.15) is 17.2 Å². The van der Waals surface area contributed by atoms with Crippen molar-refractivity contribution < 1.29 is 9.13 Å². The first-order valence-electron chi connectivity index (χ1n) is 6.05. The molecule has 0 saturated heterocycles. The van der Waals surface area contributed by atoms with E-state index in [1.54, 1.807) is 19.4 Å². The van der Waals surface area contributed by atoms with Gasteiger partial charge in [0.1, 0.15) is 5.82 Å². The Hall–Kier alpha value is -1.50. The molecular formula is C14H15BrFN3O. The summed E-state index contributed by atoms with van der Waals surface area (Å²) in [6.45, 7) is 0. The van der Waals surface area contributed by atoms with Gasteiger partial charge in [-0.15, -0.1) is 0 Å². The van der Waals surface area contributed by atoms with Gasteiger partial charge in [-0.25, -0.2) is 9.37 Å². The Balaban J connectivity index is 2.31. The zero-order valence-corrected chi connectivity index (χ0v) is 12.5. The molecule has 0 spiro atoms. The molecule has 6 heteroatoms. The first kappa shape index (κ1) is 14.9. The molecule has 20 heavy (non-hydrogen) atoms. The number of methoxy groups -OCH3 is 1. The molecule has 0 aliphatic carbocycles. The fraction of sp³-hybridized carbons (Fsp3) is 0.214. The Morgan fingerprint density at radius 1 is 1.40 bits per heavy atom. The van der Waals surface area contributed by atoms with Crippen molar-refractivity contribution in [3.8, 4) is 5.88 Å². The highest BCUT2D eigenvalue weighted by molar-refractivity contribution is 9.10. The van der Waals surface area contributed by atoms with Crippen molar-refractivity contribution in [1.82, 2.24) is 10.4 Å². The predicted octanol–water partition coefficient (Wildman–Crippen LogP) is 2.74. The summed E-state index contributed by atoms with van der Waals surface area (Å²) in [5.41, 5.74) is 4.37. The average molecular weight is 340 g/mol. The van der Waals surface area contributed by atoms with E-state index in [1.165, 1.54) is 6.07 Å². The summed E-state index contributed by atoms with van der Waals surface area (Å²) in [6.07, 6.45) is 2.16. The summed E-state index contributed by atoms with van der Waals surface area (Å²) in [6, 6.07) is 8.39. The van der Waals surface area contributed by atoms with Crippen LogP contribution in [0.15, 0.2) is 41.0 Å². The molecule has 0 radical (unpaired) electrons. The molecule has 1 aromatic carbocycles. The van der Waals surface area contributed by atoms with Crippen LogP contribution in [0.3, 0.4) is 0 Å². The number of halogens is 2. The van der Waals surface area contributed by atoms with E-state index < -0.39 is 0 Å². The maximum absolute atomic E-state index is 13.5. The second-order valence-corrected chi connectivity index (χ2v) is 5.03. The lowest BCUT2D eigenvalue weighted by atomic mass is 10.00. The fourth-order valence-corrected chi connectivity index (χ4v) is 2.45. The quantitative estimate of drug-likeness (QED) is 0.649. The Morgan fingerprint density at radius 2 is 2.20 bits per heavy atom. The number of rotatable bonds is 5. The highest BCUT2D eigenvalue weighted by Gasteiger charge is 2.18. The lowest BCUT2D eigenvalue weighted by Gasteiger charge is -2.19. The molecule has 0 saturated carbocycles. The summed E-state index contributed by atoms with van der Waals surface area (Å²) in [7, 11) is 1.55. The Kier molecular flexibility index (Phi) is 5.05. The van der Waals surface area contributed by atoms with Gasteiger partial charge in [0.15, 0.2) is 0 Å². The van der Waals surface area contributed by atoms with Gasteiger partial charge in [0.05, 0.1) is 17.6 Å². The minimum absolute atomic E-state index is 0.225. The number of hydrogen-bond acceptors (Lipinski definition) is 4. The Bertz CT molecular complexity index is 594. The molecule has 0 fully saturated rings. The topological polar surface area (TPSA) is 60.2 Å². The number of nitrogens with two attached hydrogens (primary N) is 1. The smallest absolute Gasteiger partial charge is 0.217 e. The number of benzene rings is 1. The van der Waals surface area contributed by atoms with Gasteiger partial charge in [0, 0.05) is 11.8 Å². The molecule has 106 valence electrons. The molecule has 3 N–H and O–H groups in total. The van der Waals surface area contributed by atoms with Crippen molar-refractivity contribution in [2.75, 3.05) is 7.11 Å². The monoisotopic (exact) mass is 339 g/mol. The van der Waals surface area contributed by atoms with Crippen molar-refractivity contribution in [2.24, 2.45) is 5.84 Å².